The van der Waals surface area contributed by atoms with Gasteiger partial charge in [0.05, 0.1) is 15.1 Å². The van der Waals surface area contributed by atoms with Crippen LogP contribution in [0.25, 0.3) is 0 Å². The van der Waals surface area contributed by atoms with E-state index in [0.717, 1.165) is 5.56 Å². The number of nitrogens with one attached hydrogen (secondary N) is 1. The first-order valence-corrected chi connectivity index (χ1v) is 8.61. The number of hydrogen-bond acceptors (Lipinski definition) is 3. The first-order chi connectivity index (χ1) is 9.53. The zero-order valence-electron chi connectivity index (χ0n) is 10.4. The van der Waals surface area contributed by atoms with Gasteiger partial charge in [0.25, 0.3) is 10.0 Å². The van der Waals surface area contributed by atoms with E-state index < -0.39 is 10.0 Å². The van der Waals surface area contributed by atoms with E-state index in [1.54, 1.807) is 30.3 Å². The number of nitrogens with zero attached hydrogens (tertiary/aromatic N) is 1. The van der Waals surface area contributed by atoms with Crippen molar-refractivity contribution in [3.63, 3.8) is 0 Å². The largest absolute Gasteiger partial charge is 0.278 e. The highest BCUT2D eigenvalue weighted by Gasteiger charge is 2.15. The number of aromatic nitrogens is 1. The molecule has 0 unspecified atom stereocenters. The lowest BCUT2D eigenvalue weighted by atomic mass is 10.2. The fourth-order valence-electron chi connectivity index (χ4n) is 1.61. The van der Waals surface area contributed by atoms with E-state index in [9.17, 15) is 8.42 Å². The number of alkyl halides is 1. The van der Waals surface area contributed by atoms with Crippen LogP contribution >= 0.6 is 27.5 Å². The molecule has 106 valence electrons. The maximum atomic E-state index is 12.2. The molecule has 1 heterocycles. The van der Waals surface area contributed by atoms with Crippen LogP contribution in [0.3, 0.4) is 0 Å². The normalized spacial score (nSPS) is 11.3. The Balaban J connectivity index is 2.24. The standard InChI is InChI=1S/C13H12BrClN2O2S/c14-12-9-16-8-6-13(12)17-20(18,19)11-3-1-10(2-4-11)5-7-15/h1-4,6,8-9H,5,7H2,(H,16,17). The molecule has 7 heteroatoms. The van der Waals surface area contributed by atoms with Crippen LogP contribution in [0.2, 0.25) is 0 Å². The molecule has 20 heavy (non-hydrogen) atoms. The van der Waals surface area contributed by atoms with Crippen molar-refractivity contribution in [2.75, 3.05) is 10.6 Å². The number of hydrogen-bond donors (Lipinski definition) is 1. The van der Waals surface area contributed by atoms with Crippen LogP contribution in [0.5, 0.6) is 0 Å². The zero-order valence-corrected chi connectivity index (χ0v) is 13.5. The number of pyridine rings is 1. The lowest BCUT2D eigenvalue weighted by Crippen LogP contribution is -2.13. The molecule has 0 fully saturated rings. The van der Waals surface area contributed by atoms with Crippen molar-refractivity contribution in [1.29, 1.82) is 0 Å². The van der Waals surface area contributed by atoms with Gasteiger partial charge in [0, 0.05) is 18.3 Å². The Bertz CT molecular complexity index is 690. The van der Waals surface area contributed by atoms with Crippen molar-refractivity contribution in [2.45, 2.75) is 11.3 Å². The number of aryl methyl sites for hydroxylation is 1. The van der Waals surface area contributed by atoms with Crippen molar-refractivity contribution in [2.24, 2.45) is 0 Å². The summed E-state index contributed by atoms with van der Waals surface area (Å²) in [6.45, 7) is 0. The number of anilines is 1. The summed E-state index contributed by atoms with van der Waals surface area (Å²) in [6.07, 6.45) is 3.76. The van der Waals surface area contributed by atoms with Crippen molar-refractivity contribution in [1.82, 2.24) is 4.98 Å². The van der Waals surface area contributed by atoms with Gasteiger partial charge in [0.15, 0.2) is 0 Å². The van der Waals surface area contributed by atoms with Gasteiger partial charge in [0.2, 0.25) is 0 Å². The maximum Gasteiger partial charge on any atom is 0.261 e. The van der Waals surface area contributed by atoms with Crippen molar-refractivity contribution in [3.05, 3.63) is 52.8 Å². The molecule has 4 nitrogen and oxygen atoms in total. The van der Waals surface area contributed by atoms with Gasteiger partial charge in [-0.2, -0.15) is 0 Å². The van der Waals surface area contributed by atoms with Crippen LogP contribution in [0.1, 0.15) is 5.56 Å². The minimum atomic E-state index is -3.61. The third kappa shape index (κ3) is 3.71. The van der Waals surface area contributed by atoms with E-state index in [4.69, 9.17) is 11.6 Å². The summed E-state index contributed by atoms with van der Waals surface area (Å²) in [6, 6.07) is 8.25. The maximum absolute atomic E-state index is 12.2. The van der Waals surface area contributed by atoms with Crippen LogP contribution in [-0.4, -0.2) is 19.3 Å². The molecule has 0 aliphatic carbocycles. The summed E-state index contributed by atoms with van der Waals surface area (Å²) in [7, 11) is -3.61. The first-order valence-electron chi connectivity index (χ1n) is 5.80. The summed E-state index contributed by atoms with van der Waals surface area (Å²) >= 11 is 8.90. The summed E-state index contributed by atoms with van der Waals surface area (Å²) in [4.78, 5) is 4.09. The highest BCUT2D eigenvalue weighted by molar-refractivity contribution is 9.10. The van der Waals surface area contributed by atoms with Gasteiger partial charge in [-0.05, 0) is 46.1 Å². The van der Waals surface area contributed by atoms with Gasteiger partial charge >= 0.3 is 0 Å². The van der Waals surface area contributed by atoms with Crippen molar-refractivity contribution < 1.29 is 8.42 Å². The fraction of sp³-hybridized carbons (Fsp3) is 0.154. The summed E-state index contributed by atoms with van der Waals surface area (Å²) in [5.74, 6) is 0.508. The molecule has 0 saturated carbocycles. The third-order valence-electron chi connectivity index (χ3n) is 2.63. The Morgan fingerprint density at radius 3 is 2.50 bits per heavy atom. The molecular formula is C13H12BrClN2O2S. The van der Waals surface area contributed by atoms with E-state index in [1.807, 2.05) is 0 Å². The monoisotopic (exact) mass is 374 g/mol. The Morgan fingerprint density at radius 1 is 1.20 bits per heavy atom. The highest BCUT2D eigenvalue weighted by Crippen LogP contribution is 2.23. The summed E-state index contributed by atoms with van der Waals surface area (Å²) < 4.78 is 27.6. The van der Waals surface area contributed by atoms with Gasteiger partial charge in [-0.25, -0.2) is 8.42 Å². The molecule has 1 aromatic heterocycles. The van der Waals surface area contributed by atoms with Gasteiger partial charge in [-0.3, -0.25) is 9.71 Å². The molecule has 0 aliphatic rings. The summed E-state index contributed by atoms with van der Waals surface area (Å²) in [5, 5.41) is 0. The molecule has 0 saturated heterocycles. The topological polar surface area (TPSA) is 59.1 Å². The second kappa shape index (κ2) is 6.56. The second-order valence-corrected chi connectivity index (χ2v) is 6.96. The van der Waals surface area contributed by atoms with Gasteiger partial charge in [-0.1, -0.05) is 12.1 Å². The Labute approximate surface area is 131 Å². The predicted molar refractivity (Wildman–Crippen MR) is 83.6 cm³/mol. The quantitative estimate of drug-likeness (QED) is 0.815. The van der Waals surface area contributed by atoms with Crippen LogP contribution in [0.4, 0.5) is 5.69 Å². The lowest BCUT2D eigenvalue weighted by molar-refractivity contribution is 0.601. The van der Waals surface area contributed by atoms with E-state index in [-0.39, 0.29) is 4.90 Å². The molecule has 0 aliphatic heterocycles. The van der Waals surface area contributed by atoms with Crippen LogP contribution in [-0.2, 0) is 16.4 Å². The average molecular weight is 376 g/mol. The number of sulfonamides is 1. The van der Waals surface area contributed by atoms with E-state index in [1.165, 1.54) is 12.4 Å². The highest BCUT2D eigenvalue weighted by atomic mass is 79.9. The van der Waals surface area contributed by atoms with Crippen LogP contribution < -0.4 is 4.72 Å². The molecule has 2 aromatic rings. The second-order valence-electron chi connectivity index (χ2n) is 4.04. The molecule has 0 radical (unpaired) electrons. The van der Waals surface area contributed by atoms with E-state index >= 15 is 0 Å². The summed E-state index contributed by atoms with van der Waals surface area (Å²) in [5.41, 5.74) is 1.45. The zero-order chi connectivity index (χ0) is 14.6. The third-order valence-corrected chi connectivity index (χ3v) is 4.84. The molecule has 0 atom stereocenters. The van der Waals surface area contributed by atoms with Crippen molar-refractivity contribution >= 4 is 43.2 Å². The van der Waals surface area contributed by atoms with Gasteiger partial charge in [-0.15, -0.1) is 11.6 Å². The SMILES string of the molecule is O=S(=O)(Nc1ccncc1Br)c1ccc(CCCl)cc1. The molecule has 0 amide bonds. The molecular weight excluding hydrogens is 364 g/mol. The molecule has 1 N–H and O–H groups in total. The molecule has 0 bridgehead atoms. The van der Waals surface area contributed by atoms with Crippen LogP contribution in [0.15, 0.2) is 52.1 Å². The van der Waals surface area contributed by atoms with E-state index in [2.05, 4.69) is 25.6 Å². The van der Waals surface area contributed by atoms with E-state index in [0.29, 0.717) is 22.5 Å². The Kier molecular flexibility index (Phi) is 5.01. The fourth-order valence-corrected chi connectivity index (χ4v) is 3.38. The average Bonchev–Trinajstić information content (AvgIpc) is 2.42. The number of benzene rings is 1. The number of rotatable bonds is 5. The first kappa shape index (κ1) is 15.3. The van der Waals surface area contributed by atoms with Crippen molar-refractivity contribution in [3.8, 4) is 0 Å². The smallest absolute Gasteiger partial charge is 0.261 e. The number of halogens is 2. The lowest BCUT2D eigenvalue weighted by Gasteiger charge is -2.09. The molecule has 1 aromatic carbocycles. The van der Waals surface area contributed by atoms with Gasteiger partial charge < -0.3 is 0 Å². The minimum Gasteiger partial charge on any atom is -0.278 e. The molecule has 0 spiro atoms. The van der Waals surface area contributed by atoms with Crippen LogP contribution in [0, 0.1) is 0 Å². The predicted octanol–water partition coefficient (Wildman–Crippen LogP) is 3.43. The Morgan fingerprint density at radius 2 is 1.90 bits per heavy atom. The van der Waals surface area contributed by atoms with Gasteiger partial charge in [0.1, 0.15) is 0 Å². The minimum absolute atomic E-state index is 0.208. The molecule has 2 rings (SSSR count). The Hall–Kier alpha value is -1.11.